The summed E-state index contributed by atoms with van der Waals surface area (Å²) in [6.45, 7) is 4.13. The Morgan fingerprint density at radius 3 is 2.75 bits per heavy atom. The van der Waals surface area contributed by atoms with E-state index in [4.69, 9.17) is 11.6 Å². The minimum absolute atomic E-state index is 0.0646. The first kappa shape index (κ1) is 16.1. The van der Waals surface area contributed by atoms with Gasteiger partial charge in [0.05, 0.1) is 6.17 Å². The molecule has 2 saturated heterocycles. The van der Waals surface area contributed by atoms with Crippen molar-refractivity contribution in [1.29, 1.82) is 0 Å². The Bertz CT molecular complexity index is 629. The Kier molecular flexibility index (Phi) is 4.37. The summed E-state index contributed by atoms with van der Waals surface area (Å²) in [4.78, 5) is 19.2. The molecule has 1 amide bonds. The molecule has 4 rings (SSSR count). The number of nitrogens with zero attached hydrogens (tertiary/aromatic N) is 2. The van der Waals surface area contributed by atoms with Crippen LogP contribution in [0.2, 0.25) is 5.15 Å². The highest BCUT2D eigenvalue weighted by atomic mass is 35.5. The van der Waals surface area contributed by atoms with Crippen molar-refractivity contribution in [2.45, 2.75) is 44.8 Å². The molecule has 1 aliphatic carbocycles. The lowest BCUT2D eigenvalue weighted by Gasteiger charge is -2.20. The van der Waals surface area contributed by atoms with E-state index in [0.29, 0.717) is 22.7 Å². The van der Waals surface area contributed by atoms with Crippen molar-refractivity contribution in [2.75, 3.05) is 18.0 Å². The molecule has 3 aliphatic rings. The second-order valence-corrected chi connectivity index (χ2v) is 7.58. The first-order chi connectivity index (χ1) is 11.6. The maximum atomic E-state index is 12.7. The first-order valence-electron chi connectivity index (χ1n) is 8.86. The lowest BCUT2D eigenvalue weighted by Crippen LogP contribution is -2.46. The zero-order valence-corrected chi connectivity index (χ0v) is 14.6. The van der Waals surface area contributed by atoms with E-state index in [2.05, 4.69) is 33.0 Å². The highest BCUT2D eigenvalue weighted by molar-refractivity contribution is 6.29. The molecule has 1 aromatic rings. The molecule has 0 radical (unpaired) electrons. The van der Waals surface area contributed by atoms with Gasteiger partial charge in [-0.1, -0.05) is 18.5 Å². The fourth-order valence-corrected chi connectivity index (χ4v) is 3.98. The summed E-state index contributed by atoms with van der Waals surface area (Å²) < 4.78 is 0. The third-order valence-corrected chi connectivity index (χ3v) is 5.58. The second kappa shape index (κ2) is 6.50. The normalized spacial score (nSPS) is 29.9. The molecular weight excluding hydrogens is 326 g/mol. The van der Waals surface area contributed by atoms with Crippen molar-refractivity contribution in [3.8, 4) is 0 Å². The van der Waals surface area contributed by atoms with Crippen molar-refractivity contribution < 1.29 is 4.79 Å². The predicted octanol–water partition coefficient (Wildman–Crippen LogP) is 1.91. The number of carbonyl (C=O) groups is 1. The summed E-state index contributed by atoms with van der Waals surface area (Å²) in [7, 11) is 0. The smallest absolute Gasteiger partial charge is 0.252 e. The molecule has 2 aliphatic heterocycles. The SMILES string of the molecule is CC1C(NC(=O)c2cc(Cl)nc(N3CCCC3)c2)NNC1C1CC1. The Balaban J connectivity index is 1.46. The van der Waals surface area contributed by atoms with E-state index in [-0.39, 0.29) is 12.1 Å². The summed E-state index contributed by atoms with van der Waals surface area (Å²) in [5.41, 5.74) is 7.12. The Morgan fingerprint density at radius 1 is 1.29 bits per heavy atom. The van der Waals surface area contributed by atoms with Crippen molar-refractivity contribution in [3.05, 3.63) is 22.8 Å². The Hall–Kier alpha value is -1.37. The summed E-state index contributed by atoms with van der Waals surface area (Å²) in [6.07, 6.45) is 4.82. The summed E-state index contributed by atoms with van der Waals surface area (Å²) in [5.74, 6) is 1.79. The molecule has 0 aromatic carbocycles. The van der Waals surface area contributed by atoms with E-state index in [1.807, 2.05) is 6.07 Å². The number of hydrogen-bond acceptors (Lipinski definition) is 5. The van der Waals surface area contributed by atoms with Crippen LogP contribution in [-0.2, 0) is 0 Å². The van der Waals surface area contributed by atoms with Crippen molar-refractivity contribution in [2.24, 2.45) is 11.8 Å². The van der Waals surface area contributed by atoms with Gasteiger partial charge in [-0.05, 0) is 43.7 Å². The van der Waals surface area contributed by atoms with Crippen LogP contribution in [0.3, 0.4) is 0 Å². The van der Waals surface area contributed by atoms with Gasteiger partial charge in [0.15, 0.2) is 0 Å². The molecule has 24 heavy (non-hydrogen) atoms. The first-order valence-corrected chi connectivity index (χ1v) is 9.24. The molecule has 0 bridgehead atoms. The number of rotatable bonds is 4. The van der Waals surface area contributed by atoms with Crippen molar-refractivity contribution in [3.63, 3.8) is 0 Å². The number of halogens is 1. The quantitative estimate of drug-likeness (QED) is 0.724. The van der Waals surface area contributed by atoms with E-state index >= 15 is 0 Å². The van der Waals surface area contributed by atoms with Gasteiger partial charge in [0, 0.05) is 30.6 Å². The fraction of sp³-hybridized carbons (Fsp3) is 0.647. The van der Waals surface area contributed by atoms with Gasteiger partial charge in [-0.2, -0.15) is 0 Å². The average molecular weight is 350 g/mol. The molecule has 1 saturated carbocycles. The number of pyridine rings is 1. The van der Waals surface area contributed by atoms with Crippen molar-refractivity contribution in [1.82, 2.24) is 21.2 Å². The van der Waals surface area contributed by atoms with E-state index in [0.717, 1.165) is 37.7 Å². The molecule has 3 unspecified atom stereocenters. The van der Waals surface area contributed by atoms with E-state index in [1.165, 1.54) is 12.8 Å². The molecule has 1 aromatic heterocycles. The lowest BCUT2D eigenvalue weighted by atomic mass is 9.97. The molecule has 3 N–H and O–H groups in total. The summed E-state index contributed by atoms with van der Waals surface area (Å²) in [6, 6.07) is 3.93. The number of anilines is 1. The van der Waals surface area contributed by atoms with Crippen LogP contribution in [-0.4, -0.2) is 36.2 Å². The fourth-order valence-electron chi connectivity index (χ4n) is 3.77. The Morgan fingerprint density at radius 2 is 2.04 bits per heavy atom. The zero-order chi connectivity index (χ0) is 16.7. The van der Waals surface area contributed by atoms with E-state index < -0.39 is 0 Å². The van der Waals surface area contributed by atoms with Crippen LogP contribution in [0.5, 0.6) is 0 Å². The van der Waals surface area contributed by atoms with Crippen LogP contribution in [0, 0.1) is 11.8 Å². The van der Waals surface area contributed by atoms with Crippen LogP contribution < -0.4 is 21.1 Å². The number of carbonyl (C=O) groups excluding carboxylic acids is 1. The van der Waals surface area contributed by atoms with Gasteiger partial charge in [0.2, 0.25) is 0 Å². The molecule has 3 heterocycles. The van der Waals surface area contributed by atoms with E-state index in [1.54, 1.807) is 6.07 Å². The van der Waals surface area contributed by atoms with Crippen LogP contribution in [0.4, 0.5) is 5.82 Å². The average Bonchev–Trinajstić information content (AvgIpc) is 3.12. The minimum atomic E-state index is -0.109. The summed E-state index contributed by atoms with van der Waals surface area (Å²) in [5, 5.41) is 3.45. The van der Waals surface area contributed by atoms with Gasteiger partial charge >= 0.3 is 0 Å². The predicted molar refractivity (Wildman–Crippen MR) is 93.9 cm³/mol. The molecule has 7 heteroatoms. The molecule has 0 spiro atoms. The van der Waals surface area contributed by atoms with Gasteiger partial charge < -0.3 is 10.2 Å². The van der Waals surface area contributed by atoms with Crippen LogP contribution in [0.25, 0.3) is 0 Å². The van der Waals surface area contributed by atoms with Crippen LogP contribution >= 0.6 is 11.6 Å². The lowest BCUT2D eigenvalue weighted by molar-refractivity contribution is 0.0922. The number of nitrogens with one attached hydrogen (secondary N) is 3. The molecule has 3 fully saturated rings. The van der Waals surface area contributed by atoms with Crippen LogP contribution in [0.1, 0.15) is 43.0 Å². The Labute approximate surface area is 147 Å². The number of hydrogen-bond donors (Lipinski definition) is 3. The van der Waals surface area contributed by atoms with Gasteiger partial charge in [0.25, 0.3) is 5.91 Å². The zero-order valence-electron chi connectivity index (χ0n) is 13.9. The highest BCUT2D eigenvalue weighted by Crippen LogP contribution is 2.37. The molecule has 130 valence electrons. The van der Waals surface area contributed by atoms with Gasteiger partial charge in [0.1, 0.15) is 11.0 Å². The van der Waals surface area contributed by atoms with Crippen LogP contribution in [0.15, 0.2) is 12.1 Å². The summed E-state index contributed by atoms with van der Waals surface area (Å²) >= 11 is 6.15. The molecule has 6 nitrogen and oxygen atoms in total. The largest absolute Gasteiger partial charge is 0.357 e. The van der Waals surface area contributed by atoms with Gasteiger partial charge in [-0.25, -0.2) is 10.4 Å². The molecule has 3 atom stereocenters. The second-order valence-electron chi connectivity index (χ2n) is 7.19. The molecular formula is C17H24ClN5O. The standard InChI is InChI=1S/C17H24ClN5O/c1-10-15(11-4-5-11)21-22-16(10)20-17(24)12-8-13(18)19-14(9-12)23-6-2-3-7-23/h8-11,15-16,21-22H,2-7H2,1H3,(H,20,24). The highest BCUT2D eigenvalue weighted by Gasteiger charge is 2.42. The topological polar surface area (TPSA) is 69.3 Å². The number of aromatic nitrogens is 1. The maximum Gasteiger partial charge on any atom is 0.252 e. The monoisotopic (exact) mass is 349 g/mol. The van der Waals surface area contributed by atoms with E-state index in [9.17, 15) is 4.79 Å². The van der Waals surface area contributed by atoms with Gasteiger partial charge in [-0.15, -0.1) is 0 Å². The number of hydrazine groups is 1. The third kappa shape index (κ3) is 3.23. The maximum absolute atomic E-state index is 12.7. The third-order valence-electron chi connectivity index (χ3n) is 5.39. The van der Waals surface area contributed by atoms with Crippen molar-refractivity contribution >= 4 is 23.3 Å². The van der Waals surface area contributed by atoms with Gasteiger partial charge in [-0.3, -0.25) is 10.2 Å². The minimum Gasteiger partial charge on any atom is -0.357 e. The number of amides is 1.